The van der Waals surface area contributed by atoms with Gasteiger partial charge in [-0.15, -0.1) is 0 Å². The number of hydrogen-bond acceptors (Lipinski definition) is 0. The van der Waals surface area contributed by atoms with Crippen LogP contribution >= 0.6 is 0 Å². The Bertz CT molecular complexity index is 2140. The van der Waals surface area contributed by atoms with E-state index in [0.717, 1.165) is 0 Å². The van der Waals surface area contributed by atoms with E-state index in [-0.39, 0.29) is 5.41 Å². The molecule has 0 aromatic heterocycles. The predicted octanol–water partition coefficient (Wildman–Crippen LogP) is 13.1. The van der Waals surface area contributed by atoms with Gasteiger partial charge < -0.3 is 0 Å². The Morgan fingerprint density at radius 1 is 0.378 bits per heavy atom. The molecule has 7 aromatic rings. The predicted molar refractivity (Wildman–Crippen MR) is 195 cm³/mol. The van der Waals surface area contributed by atoms with Gasteiger partial charge in [0.15, 0.2) is 0 Å². The summed E-state index contributed by atoms with van der Waals surface area (Å²) < 4.78 is 0. The van der Waals surface area contributed by atoms with E-state index in [1.54, 1.807) is 11.1 Å². The zero-order chi connectivity index (χ0) is 30.4. The van der Waals surface area contributed by atoms with Gasteiger partial charge in [-0.1, -0.05) is 161 Å². The van der Waals surface area contributed by atoms with Crippen molar-refractivity contribution in [3.05, 3.63) is 145 Å². The molecule has 0 heteroatoms. The summed E-state index contributed by atoms with van der Waals surface area (Å²) >= 11 is 0. The zero-order valence-electron chi connectivity index (χ0n) is 26.4. The molecule has 0 aliphatic heterocycles. The van der Waals surface area contributed by atoms with Crippen molar-refractivity contribution in [2.24, 2.45) is 0 Å². The Balaban J connectivity index is 1.20. The highest BCUT2D eigenvalue weighted by molar-refractivity contribution is 6.25. The molecule has 45 heavy (non-hydrogen) atoms. The molecule has 1 aliphatic carbocycles. The molecule has 0 bridgehead atoms. The highest BCUT2D eigenvalue weighted by Crippen LogP contribution is 2.54. The lowest BCUT2D eigenvalue weighted by Gasteiger charge is -2.33. The molecule has 0 heterocycles. The minimum atomic E-state index is 0.117. The third kappa shape index (κ3) is 4.50. The third-order valence-electron chi connectivity index (χ3n) is 10.5. The molecule has 0 spiro atoms. The maximum atomic E-state index is 2.53. The summed E-state index contributed by atoms with van der Waals surface area (Å²) in [5.41, 5.74) is 11.2. The fourth-order valence-electron chi connectivity index (χ4n) is 8.20. The smallest absolute Gasteiger partial charge is 0.0215 e. The van der Waals surface area contributed by atoms with Crippen LogP contribution in [0.2, 0.25) is 0 Å². The first-order chi connectivity index (χ1) is 22.2. The minimum absolute atomic E-state index is 0.117. The van der Waals surface area contributed by atoms with E-state index in [0.29, 0.717) is 0 Å². The van der Waals surface area contributed by atoms with Gasteiger partial charge >= 0.3 is 0 Å². The summed E-state index contributed by atoms with van der Waals surface area (Å²) in [6, 6.07) is 50.4. The Labute approximate surface area is 267 Å². The quantitative estimate of drug-likeness (QED) is 0.157. The fourth-order valence-corrected chi connectivity index (χ4v) is 8.20. The van der Waals surface area contributed by atoms with Gasteiger partial charge in [-0.2, -0.15) is 0 Å². The van der Waals surface area contributed by atoms with Crippen LogP contribution in [0, 0.1) is 0 Å². The van der Waals surface area contributed by atoms with Crippen LogP contribution in [0.5, 0.6) is 0 Å². The normalized spacial score (nSPS) is 13.4. The maximum absolute atomic E-state index is 2.53. The van der Waals surface area contributed by atoms with Gasteiger partial charge in [-0.05, 0) is 102 Å². The molecule has 0 atom stereocenters. The lowest BCUT2D eigenvalue weighted by Crippen LogP contribution is -2.25. The van der Waals surface area contributed by atoms with Crippen molar-refractivity contribution in [3.8, 4) is 33.4 Å². The Hall–Kier alpha value is -4.68. The Kier molecular flexibility index (Phi) is 7.02. The number of fused-ring (bicyclic) bond motifs is 9. The first-order valence-corrected chi connectivity index (χ1v) is 16.9. The molecule has 8 rings (SSSR count). The van der Waals surface area contributed by atoms with Crippen LogP contribution in [0.1, 0.15) is 63.5 Å². The monoisotopic (exact) mass is 580 g/mol. The molecular formula is C45H40. The summed E-state index contributed by atoms with van der Waals surface area (Å²) in [7, 11) is 0. The van der Waals surface area contributed by atoms with Gasteiger partial charge in [0, 0.05) is 5.41 Å². The molecule has 7 aromatic carbocycles. The first kappa shape index (κ1) is 27.8. The molecular weight excluding hydrogens is 540 g/mol. The van der Waals surface area contributed by atoms with E-state index in [1.807, 2.05) is 0 Å². The molecule has 0 radical (unpaired) electrons. The Morgan fingerprint density at radius 2 is 0.822 bits per heavy atom. The topological polar surface area (TPSA) is 0 Å². The van der Waals surface area contributed by atoms with Crippen molar-refractivity contribution in [3.63, 3.8) is 0 Å². The average molecular weight is 581 g/mol. The second kappa shape index (κ2) is 11.4. The maximum Gasteiger partial charge on any atom is 0.0215 e. The summed E-state index contributed by atoms with van der Waals surface area (Å²) in [5.74, 6) is 0. The molecule has 0 fully saturated rings. The molecule has 0 N–H and O–H groups in total. The highest BCUT2D eigenvalue weighted by atomic mass is 14.4. The first-order valence-electron chi connectivity index (χ1n) is 16.9. The second-order valence-corrected chi connectivity index (χ2v) is 13.0. The average Bonchev–Trinajstić information content (AvgIpc) is 3.38. The van der Waals surface area contributed by atoms with E-state index >= 15 is 0 Å². The molecule has 0 amide bonds. The van der Waals surface area contributed by atoms with Gasteiger partial charge in [0.25, 0.3) is 0 Å². The summed E-state index contributed by atoms with van der Waals surface area (Å²) in [5, 5.41) is 7.92. The van der Waals surface area contributed by atoms with Crippen molar-refractivity contribution in [2.45, 2.75) is 57.8 Å². The van der Waals surface area contributed by atoms with Crippen LogP contribution in [0.15, 0.2) is 133 Å². The van der Waals surface area contributed by atoms with Crippen LogP contribution in [0.3, 0.4) is 0 Å². The number of hydrogen-bond donors (Lipinski definition) is 0. The standard InChI is InChI=1S/C45H40/c1-3-5-27-45(28-6-4-2)43-18-12-11-17-40(43)41-26-24-34(30-44(41)45)32-21-19-31(20-22-32)33-23-25-39-37-15-8-7-13-35(37)36-14-9-10-16-38(36)42(39)29-33/h7-26,29-30H,3-6,27-28H2,1-2H3. The molecule has 0 saturated carbocycles. The molecule has 0 saturated heterocycles. The van der Waals surface area contributed by atoms with E-state index in [1.165, 1.54) is 104 Å². The van der Waals surface area contributed by atoms with Gasteiger partial charge in [-0.25, -0.2) is 0 Å². The van der Waals surface area contributed by atoms with Crippen LogP contribution in [0.4, 0.5) is 0 Å². The number of unbranched alkanes of at least 4 members (excludes halogenated alkanes) is 2. The summed E-state index contributed by atoms with van der Waals surface area (Å²) in [6.45, 7) is 4.65. The molecule has 0 unspecified atom stereocenters. The van der Waals surface area contributed by atoms with Gasteiger partial charge in [-0.3, -0.25) is 0 Å². The largest absolute Gasteiger partial charge is 0.0654 e. The molecule has 0 nitrogen and oxygen atoms in total. The van der Waals surface area contributed by atoms with Crippen LogP contribution in [-0.2, 0) is 5.41 Å². The number of benzene rings is 7. The lowest BCUT2D eigenvalue weighted by atomic mass is 9.70. The van der Waals surface area contributed by atoms with E-state index in [4.69, 9.17) is 0 Å². The highest BCUT2D eigenvalue weighted by Gasteiger charge is 2.42. The SMILES string of the molecule is CCCCC1(CCCC)c2ccccc2-c2ccc(-c3ccc(-c4ccc5c6ccccc6c6ccccc6c5c4)cc3)cc21. The van der Waals surface area contributed by atoms with Crippen molar-refractivity contribution in [1.29, 1.82) is 0 Å². The summed E-state index contributed by atoms with van der Waals surface area (Å²) in [6.07, 6.45) is 7.42. The summed E-state index contributed by atoms with van der Waals surface area (Å²) in [4.78, 5) is 0. The minimum Gasteiger partial charge on any atom is -0.0654 e. The van der Waals surface area contributed by atoms with E-state index in [9.17, 15) is 0 Å². The van der Waals surface area contributed by atoms with Gasteiger partial charge in [0.2, 0.25) is 0 Å². The van der Waals surface area contributed by atoms with Crippen molar-refractivity contribution >= 4 is 32.3 Å². The van der Waals surface area contributed by atoms with Gasteiger partial charge in [0.1, 0.15) is 0 Å². The number of rotatable bonds is 8. The van der Waals surface area contributed by atoms with Crippen LogP contribution < -0.4 is 0 Å². The molecule has 220 valence electrons. The second-order valence-electron chi connectivity index (χ2n) is 13.0. The van der Waals surface area contributed by atoms with E-state index in [2.05, 4.69) is 147 Å². The van der Waals surface area contributed by atoms with Crippen molar-refractivity contribution in [1.82, 2.24) is 0 Å². The van der Waals surface area contributed by atoms with Crippen molar-refractivity contribution < 1.29 is 0 Å². The molecule has 1 aliphatic rings. The lowest BCUT2D eigenvalue weighted by molar-refractivity contribution is 0.414. The van der Waals surface area contributed by atoms with Crippen LogP contribution in [0.25, 0.3) is 65.7 Å². The fraction of sp³-hybridized carbons (Fsp3) is 0.200. The van der Waals surface area contributed by atoms with Crippen LogP contribution in [-0.4, -0.2) is 0 Å². The Morgan fingerprint density at radius 3 is 1.42 bits per heavy atom. The zero-order valence-corrected chi connectivity index (χ0v) is 26.4. The third-order valence-corrected chi connectivity index (χ3v) is 10.5. The van der Waals surface area contributed by atoms with Crippen molar-refractivity contribution in [2.75, 3.05) is 0 Å². The van der Waals surface area contributed by atoms with Gasteiger partial charge in [0.05, 0.1) is 0 Å². The van der Waals surface area contributed by atoms with E-state index < -0.39 is 0 Å².